The molecule has 0 unspecified atom stereocenters. The Morgan fingerprint density at radius 3 is 2.06 bits per heavy atom. The molecule has 2 bridgehead atoms. The molecule has 7 heteroatoms. The van der Waals surface area contributed by atoms with Crippen molar-refractivity contribution < 1.29 is 23.9 Å². The van der Waals surface area contributed by atoms with E-state index in [9.17, 15) is 19.2 Å². The van der Waals surface area contributed by atoms with Gasteiger partial charge in [0.15, 0.2) is 6.61 Å². The lowest BCUT2D eigenvalue weighted by molar-refractivity contribution is -0.160. The van der Waals surface area contributed by atoms with E-state index >= 15 is 0 Å². The summed E-state index contributed by atoms with van der Waals surface area (Å²) in [7, 11) is 0. The summed E-state index contributed by atoms with van der Waals surface area (Å²) >= 11 is 0. The first-order valence-corrected chi connectivity index (χ1v) is 12.1. The van der Waals surface area contributed by atoms with Crippen LogP contribution in [0.4, 0.5) is 5.69 Å². The quantitative estimate of drug-likeness (QED) is 0.382. The van der Waals surface area contributed by atoms with Crippen molar-refractivity contribution >= 4 is 29.4 Å². The van der Waals surface area contributed by atoms with Crippen LogP contribution >= 0.6 is 0 Å². The van der Waals surface area contributed by atoms with Gasteiger partial charge in [0, 0.05) is 12.1 Å². The normalized spacial score (nSPS) is 30.5. The lowest BCUT2D eigenvalue weighted by Crippen LogP contribution is -2.48. The van der Waals surface area contributed by atoms with Gasteiger partial charge in [-0.3, -0.25) is 19.3 Å². The summed E-state index contributed by atoms with van der Waals surface area (Å²) < 4.78 is 5.36. The molecule has 0 radical (unpaired) electrons. The SMILES string of the molecule is O=C(COC(=O)[C@H](Cc1ccccc1)N1C(=O)[C@H]2[C@@H]3C=C[C@H]([C@H]4C[C@H]34)[C@@H]2C1=O)Nc1ccccc1. The van der Waals surface area contributed by atoms with Gasteiger partial charge in [0.25, 0.3) is 5.91 Å². The van der Waals surface area contributed by atoms with Crippen molar-refractivity contribution in [1.29, 1.82) is 0 Å². The number of allylic oxidation sites excluding steroid dienone is 2. The number of carbonyl (C=O) groups is 4. The number of esters is 1. The highest BCUT2D eigenvalue weighted by molar-refractivity contribution is 6.09. The maximum absolute atomic E-state index is 13.6. The highest BCUT2D eigenvalue weighted by atomic mass is 16.5. The summed E-state index contributed by atoms with van der Waals surface area (Å²) in [5, 5.41) is 2.67. The van der Waals surface area contributed by atoms with Crippen LogP contribution in [0.2, 0.25) is 0 Å². The van der Waals surface area contributed by atoms with Gasteiger partial charge in [0.1, 0.15) is 6.04 Å². The number of amides is 3. The van der Waals surface area contributed by atoms with E-state index in [0.717, 1.165) is 16.9 Å². The molecule has 1 aliphatic heterocycles. The molecule has 3 fully saturated rings. The second-order valence-corrected chi connectivity index (χ2v) is 9.93. The minimum atomic E-state index is -1.11. The highest BCUT2D eigenvalue weighted by Gasteiger charge is 2.68. The van der Waals surface area contributed by atoms with Gasteiger partial charge in [-0.1, -0.05) is 60.7 Å². The molecule has 178 valence electrons. The van der Waals surface area contributed by atoms with Crippen molar-refractivity contribution in [3.8, 4) is 0 Å². The molecule has 0 aromatic heterocycles. The summed E-state index contributed by atoms with van der Waals surface area (Å²) in [6.45, 7) is -0.501. The lowest BCUT2D eigenvalue weighted by Gasteiger charge is -2.37. The number of nitrogens with zero attached hydrogens (tertiary/aromatic N) is 1. The van der Waals surface area contributed by atoms with Gasteiger partial charge >= 0.3 is 5.97 Å². The Morgan fingerprint density at radius 2 is 1.46 bits per heavy atom. The molecule has 35 heavy (non-hydrogen) atoms. The van der Waals surface area contributed by atoms with E-state index in [4.69, 9.17) is 4.74 Å². The van der Waals surface area contributed by atoms with E-state index in [0.29, 0.717) is 17.5 Å². The van der Waals surface area contributed by atoms with Crippen LogP contribution in [0, 0.1) is 35.5 Å². The van der Waals surface area contributed by atoms with E-state index in [2.05, 4.69) is 17.5 Å². The number of hydrogen-bond donors (Lipinski definition) is 1. The Labute approximate surface area is 203 Å². The highest BCUT2D eigenvalue weighted by Crippen LogP contribution is 2.65. The number of para-hydroxylation sites is 1. The third-order valence-corrected chi connectivity index (χ3v) is 7.96. The summed E-state index contributed by atoms with van der Waals surface area (Å²) in [5.41, 5.74) is 1.40. The molecule has 4 aliphatic carbocycles. The average molecular weight is 471 g/mol. The Hall–Kier alpha value is -3.74. The third kappa shape index (κ3) is 3.75. The number of benzene rings is 2. The van der Waals surface area contributed by atoms with E-state index < -0.39 is 36.4 Å². The van der Waals surface area contributed by atoms with Crippen LogP contribution in [0.1, 0.15) is 12.0 Å². The predicted octanol–water partition coefficient (Wildman–Crippen LogP) is 2.83. The number of anilines is 1. The minimum Gasteiger partial charge on any atom is -0.454 e. The van der Waals surface area contributed by atoms with E-state index in [-0.39, 0.29) is 30.1 Å². The molecule has 3 amide bonds. The minimum absolute atomic E-state index is 0.0708. The van der Waals surface area contributed by atoms with Gasteiger partial charge in [-0.2, -0.15) is 0 Å². The number of nitrogens with one attached hydrogen (secondary N) is 1. The first-order chi connectivity index (χ1) is 17.0. The van der Waals surface area contributed by atoms with Gasteiger partial charge in [-0.15, -0.1) is 0 Å². The topological polar surface area (TPSA) is 92.8 Å². The van der Waals surface area contributed by atoms with Gasteiger partial charge in [0.2, 0.25) is 11.8 Å². The number of rotatable bonds is 7. The predicted molar refractivity (Wildman–Crippen MR) is 127 cm³/mol. The zero-order chi connectivity index (χ0) is 24.1. The fourth-order valence-corrected chi connectivity index (χ4v) is 6.36. The molecular formula is C28H26N2O5. The maximum atomic E-state index is 13.6. The molecule has 2 aromatic carbocycles. The van der Waals surface area contributed by atoms with Crippen molar-refractivity contribution in [2.75, 3.05) is 11.9 Å². The summed E-state index contributed by atoms with van der Waals surface area (Å²) in [5.74, 6) is -1.49. The number of carbonyl (C=O) groups excluding carboxylic acids is 4. The van der Waals surface area contributed by atoms with E-state index in [1.165, 1.54) is 0 Å². The van der Waals surface area contributed by atoms with Gasteiger partial charge < -0.3 is 10.1 Å². The van der Waals surface area contributed by atoms with Crippen LogP contribution in [-0.2, 0) is 30.3 Å². The fourth-order valence-electron chi connectivity index (χ4n) is 6.36. The van der Waals surface area contributed by atoms with Crippen LogP contribution in [0.25, 0.3) is 0 Å². The summed E-state index contributed by atoms with van der Waals surface area (Å²) in [6, 6.07) is 17.0. The van der Waals surface area contributed by atoms with Gasteiger partial charge in [0.05, 0.1) is 11.8 Å². The molecule has 7 rings (SSSR count). The third-order valence-electron chi connectivity index (χ3n) is 7.96. The maximum Gasteiger partial charge on any atom is 0.330 e. The molecule has 2 saturated carbocycles. The molecule has 1 N–H and O–H groups in total. The zero-order valence-corrected chi connectivity index (χ0v) is 19.1. The first kappa shape index (κ1) is 21.8. The Kier molecular flexibility index (Phi) is 5.28. The summed E-state index contributed by atoms with van der Waals surface area (Å²) in [4.78, 5) is 54.0. The monoisotopic (exact) mass is 470 g/mol. The van der Waals surface area contributed by atoms with Crippen LogP contribution in [-0.4, -0.2) is 41.2 Å². The average Bonchev–Trinajstić information content (AvgIpc) is 3.66. The van der Waals surface area contributed by atoms with Crippen LogP contribution < -0.4 is 5.32 Å². The van der Waals surface area contributed by atoms with E-state index in [1.807, 2.05) is 36.4 Å². The van der Waals surface area contributed by atoms with Crippen molar-refractivity contribution in [2.24, 2.45) is 35.5 Å². The number of ether oxygens (including phenoxy) is 1. The molecule has 7 atom stereocenters. The lowest BCUT2D eigenvalue weighted by atomic mass is 9.63. The number of likely N-dealkylation sites (tertiary alicyclic amines) is 1. The molecule has 2 aromatic rings. The van der Waals surface area contributed by atoms with Crippen molar-refractivity contribution in [2.45, 2.75) is 18.9 Å². The largest absolute Gasteiger partial charge is 0.454 e. The zero-order valence-electron chi connectivity index (χ0n) is 19.1. The Morgan fingerprint density at radius 1 is 0.886 bits per heavy atom. The molecule has 7 nitrogen and oxygen atoms in total. The molecule has 0 spiro atoms. The molecular weight excluding hydrogens is 444 g/mol. The van der Waals surface area contributed by atoms with Gasteiger partial charge in [-0.05, 0) is 47.8 Å². The fraction of sp³-hybridized carbons (Fsp3) is 0.357. The van der Waals surface area contributed by atoms with Crippen molar-refractivity contribution in [3.05, 3.63) is 78.4 Å². The second-order valence-electron chi connectivity index (χ2n) is 9.93. The van der Waals surface area contributed by atoms with E-state index in [1.54, 1.807) is 24.3 Å². The molecule has 1 heterocycles. The van der Waals surface area contributed by atoms with Crippen LogP contribution in [0.5, 0.6) is 0 Å². The smallest absolute Gasteiger partial charge is 0.330 e. The van der Waals surface area contributed by atoms with Crippen molar-refractivity contribution in [1.82, 2.24) is 4.90 Å². The number of imide groups is 1. The summed E-state index contributed by atoms with van der Waals surface area (Å²) in [6.07, 6.45) is 5.43. The van der Waals surface area contributed by atoms with Crippen molar-refractivity contribution in [3.63, 3.8) is 0 Å². The van der Waals surface area contributed by atoms with Gasteiger partial charge in [-0.25, -0.2) is 4.79 Å². The first-order valence-electron chi connectivity index (χ1n) is 12.1. The number of hydrogen-bond acceptors (Lipinski definition) is 5. The Balaban J connectivity index is 1.22. The molecule has 1 saturated heterocycles. The van der Waals surface area contributed by atoms with Crippen LogP contribution in [0.15, 0.2) is 72.8 Å². The van der Waals surface area contributed by atoms with Crippen LogP contribution in [0.3, 0.4) is 0 Å². The molecule has 5 aliphatic rings. The Bertz CT molecular complexity index is 1170. The second kappa shape index (κ2) is 8.48. The standard InChI is InChI=1S/C28H26N2O5/c31-23(29-17-9-5-2-6-10-17)15-35-28(34)22(13-16-7-3-1-4-8-16)30-26(32)24-18-11-12-19(21-14-20(18)21)25(24)27(30)33/h1-12,18-22,24-25H,13-15H2,(H,29,31)/t18-,19-,20-,21-,22+,24+,25+/m1/s1.